The third-order valence-corrected chi connectivity index (χ3v) is 3.70. The zero-order valence-corrected chi connectivity index (χ0v) is 12.7. The third-order valence-electron chi connectivity index (χ3n) is 3.70. The van der Waals surface area contributed by atoms with E-state index < -0.39 is 0 Å². The molecule has 1 aliphatic rings. The summed E-state index contributed by atoms with van der Waals surface area (Å²) in [5.41, 5.74) is 6.59. The largest absolute Gasteiger partial charge is 0.494 e. The average molecular weight is 292 g/mol. The maximum atomic E-state index is 12.4. The molecule has 1 saturated heterocycles. The molecular weight excluding hydrogens is 268 g/mol. The van der Waals surface area contributed by atoms with Gasteiger partial charge in [-0.2, -0.15) is 0 Å². The summed E-state index contributed by atoms with van der Waals surface area (Å²) < 4.78 is 11.3. The van der Waals surface area contributed by atoms with Gasteiger partial charge in [0, 0.05) is 25.7 Å². The van der Waals surface area contributed by atoms with Gasteiger partial charge in [0.05, 0.1) is 12.7 Å². The van der Waals surface area contributed by atoms with Crippen molar-refractivity contribution >= 4 is 5.91 Å². The molecule has 1 aromatic rings. The van der Waals surface area contributed by atoms with Crippen molar-refractivity contribution in [3.8, 4) is 5.75 Å². The highest BCUT2D eigenvalue weighted by molar-refractivity contribution is 5.81. The number of rotatable bonds is 6. The molecule has 2 unspecified atom stereocenters. The highest BCUT2D eigenvalue weighted by Gasteiger charge is 2.31. The van der Waals surface area contributed by atoms with E-state index in [0.717, 1.165) is 24.2 Å². The van der Waals surface area contributed by atoms with Crippen LogP contribution >= 0.6 is 0 Å². The molecule has 1 fully saturated rings. The number of amides is 1. The molecule has 2 rings (SSSR count). The molecule has 0 spiro atoms. The maximum absolute atomic E-state index is 12.4. The van der Waals surface area contributed by atoms with E-state index >= 15 is 0 Å². The van der Waals surface area contributed by atoms with Gasteiger partial charge in [0.1, 0.15) is 11.9 Å². The lowest BCUT2D eigenvalue weighted by atomic mass is 10.1. The second kappa shape index (κ2) is 7.43. The van der Waals surface area contributed by atoms with E-state index in [-0.39, 0.29) is 18.1 Å². The van der Waals surface area contributed by atoms with Crippen molar-refractivity contribution in [3.05, 3.63) is 29.8 Å². The Morgan fingerprint density at radius 1 is 1.43 bits per heavy atom. The van der Waals surface area contributed by atoms with Gasteiger partial charge in [-0.25, -0.2) is 0 Å². The second-order valence-corrected chi connectivity index (χ2v) is 5.29. The molecule has 0 bridgehead atoms. The third kappa shape index (κ3) is 3.95. The molecule has 116 valence electrons. The summed E-state index contributed by atoms with van der Waals surface area (Å²) in [7, 11) is 1.80. The summed E-state index contributed by atoms with van der Waals surface area (Å²) in [5, 5.41) is 0. The predicted octanol–water partition coefficient (Wildman–Crippen LogP) is 1.55. The first-order chi connectivity index (χ1) is 10.2. The molecule has 1 aromatic carbocycles. The standard InChI is InChI=1S/C16H24N2O3/c1-3-20-14-7-5-4-6-12(14)11-18(2)16(19)15-9-8-13(10-17)21-15/h4-7,13,15H,3,8-11,17H2,1-2H3. The number of carbonyl (C=O) groups is 1. The molecule has 1 heterocycles. The van der Waals surface area contributed by atoms with Crippen LogP contribution in [0.2, 0.25) is 0 Å². The lowest BCUT2D eigenvalue weighted by Gasteiger charge is -2.22. The van der Waals surface area contributed by atoms with Gasteiger partial charge in [0.25, 0.3) is 5.91 Å². The summed E-state index contributed by atoms with van der Waals surface area (Å²) in [6.45, 7) is 3.55. The normalized spacial score (nSPS) is 21.3. The number of nitrogens with zero attached hydrogens (tertiary/aromatic N) is 1. The minimum Gasteiger partial charge on any atom is -0.494 e. The van der Waals surface area contributed by atoms with E-state index in [1.54, 1.807) is 11.9 Å². The zero-order chi connectivity index (χ0) is 15.2. The molecule has 5 heteroatoms. The zero-order valence-electron chi connectivity index (χ0n) is 12.7. The molecule has 0 aliphatic carbocycles. The van der Waals surface area contributed by atoms with Gasteiger partial charge in [0.15, 0.2) is 0 Å². The molecule has 2 N–H and O–H groups in total. The van der Waals surface area contributed by atoms with Crippen molar-refractivity contribution in [2.45, 2.75) is 38.5 Å². The highest BCUT2D eigenvalue weighted by Crippen LogP contribution is 2.23. The Bertz CT molecular complexity index is 478. The van der Waals surface area contributed by atoms with Crippen LogP contribution in [0.5, 0.6) is 5.75 Å². The number of ether oxygens (including phenoxy) is 2. The van der Waals surface area contributed by atoms with Gasteiger partial charge >= 0.3 is 0 Å². The first-order valence-corrected chi connectivity index (χ1v) is 7.47. The van der Waals surface area contributed by atoms with Crippen LogP contribution in [0.4, 0.5) is 0 Å². The summed E-state index contributed by atoms with van der Waals surface area (Å²) in [6, 6.07) is 7.79. The number of para-hydroxylation sites is 1. The molecule has 0 aromatic heterocycles. The Morgan fingerprint density at radius 2 is 2.19 bits per heavy atom. The van der Waals surface area contributed by atoms with Gasteiger partial charge in [-0.15, -0.1) is 0 Å². The van der Waals surface area contributed by atoms with E-state index in [4.69, 9.17) is 15.2 Å². The van der Waals surface area contributed by atoms with E-state index in [0.29, 0.717) is 19.7 Å². The van der Waals surface area contributed by atoms with Crippen molar-refractivity contribution in [2.24, 2.45) is 5.73 Å². The monoisotopic (exact) mass is 292 g/mol. The number of nitrogens with two attached hydrogens (primary N) is 1. The molecular formula is C16H24N2O3. The first kappa shape index (κ1) is 15.8. The Hall–Kier alpha value is -1.59. The van der Waals surface area contributed by atoms with Crippen LogP contribution in [0.3, 0.4) is 0 Å². The lowest BCUT2D eigenvalue weighted by molar-refractivity contribution is -0.141. The van der Waals surface area contributed by atoms with Crippen LogP contribution in [-0.4, -0.2) is 43.2 Å². The minimum atomic E-state index is -0.359. The van der Waals surface area contributed by atoms with Crippen LogP contribution in [0, 0.1) is 0 Å². The van der Waals surface area contributed by atoms with Gasteiger partial charge < -0.3 is 20.1 Å². The van der Waals surface area contributed by atoms with Crippen LogP contribution in [0.1, 0.15) is 25.3 Å². The molecule has 1 amide bonds. The quantitative estimate of drug-likeness (QED) is 0.864. The Labute approximate surface area is 126 Å². The molecule has 5 nitrogen and oxygen atoms in total. The number of likely N-dealkylation sites (N-methyl/N-ethyl adjacent to an activating group) is 1. The van der Waals surface area contributed by atoms with Crippen molar-refractivity contribution in [1.29, 1.82) is 0 Å². The Kier molecular flexibility index (Phi) is 5.59. The van der Waals surface area contributed by atoms with Gasteiger partial charge in [-0.05, 0) is 25.8 Å². The van der Waals surface area contributed by atoms with E-state index in [1.165, 1.54) is 0 Å². The number of hydrogen-bond acceptors (Lipinski definition) is 4. The average Bonchev–Trinajstić information content (AvgIpc) is 2.97. The smallest absolute Gasteiger partial charge is 0.251 e. The van der Waals surface area contributed by atoms with Crippen LogP contribution < -0.4 is 10.5 Å². The maximum Gasteiger partial charge on any atom is 0.251 e. The fourth-order valence-corrected chi connectivity index (χ4v) is 2.57. The summed E-state index contributed by atoms with van der Waals surface area (Å²) in [6.07, 6.45) is 1.26. The number of benzene rings is 1. The van der Waals surface area contributed by atoms with Crippen molar-refractivity contribution in [1.82, 2.24) is 4.90 Å². The molecule has 0 radical (unpaired) electrons. The van der Waals surface area contributed by atoms with Crippen molar-refractivity contribution in [3.63, 3.8) is 0 Å². The number of hydrogen-bond donors (Lipinski definition) is 1. The summed E-state index contributed by atoms with van der Waals surface area (Å²) in [5.74, 6) is 0.837. The fourth-order valence-electron chi connectivity index (χ4n) is 2.57. The van der Waals surface area contributed by atoms with Crippen LogP contribution in [0.15, 0.2) is 24.3 Å². The minimum absolute atomic E-state index is 0.0113. The second-order valence-electron chi connectivity index (χ2n) is 5.29. The lowest BCUT2D eigenvalue weighted by Crippen LogP contribution is -2.36. The van der Waals surface area contributed by atoms with Gasteiger partial charge in [0.2, 0.25) is 0 Å². The van der Waals surface area contributed by atoms with Gasteiger partial charge in [-0.1, -0.05) is 18.2 Å². The van der Waals surface area contributed by atoms with Crippen molar-refractivity contribution < 1.29 is 14.3 Å². The molecule has 0 saturated carbocycles. The summed E-state index contributed by atoms with van der Waals surface area (Å²) >= 11 is 0. The van der Waals surface area contributed by atoms with E-state index in [1.807, 2.05) is 31.2 Å². The Morgan fingerprint density at radius 3 is 2.86 bits per heavy atom. The van der Waals surface area contributed by atoms with E-state index in [2.05, 4.69) is 0 Å². The Balaban J connectivity index is 1.98. The van der Waals surface area contributed by atoms with Crippen LogP contribution in [-0.2, 0) is 16.1 Å². The first-order valence-electron chi connectivity index (χ1n) is 7.47. The topological polar surface area (TPSA) is 64.8 Å². The molecule has 21 heavy (non-hydrogen) atoms. The van der Waals surface area contributed by atoms with Crippen molar-refractivity contribution in [2.75, 3.05) is 20.2 Å². The van der Waals surface area contributed by atoms with E-state index in [9.17, 15) is 4.79 Å². The number of carbonyl (C=O) groups excluding carboxylic acids is 1. The molecule has 2 atom stereocenters. The molecule has 1 aliphatic heterocycles. The van der Waals surface area contributed by atoms with Crippen LogP contribution in [0.25, 0.3) is 0 Å². The fraction of sp³-hybridized carbons (Fsp3) is 0.562. The highest BCUT2D eigenvalue weighted by atomic mass is 16.5. The predicted molar refractivity (Wildman–Crippen MR) is 81.0 cm³/mol. The SMILES string of the molecule is CCOc1ccccc1CN(C)C(=O)C1CCC(CN)O1. The summed E-state index contributed by atoms with van der Waals surface area (Å²) in [4.78, 5) is 14.1. The van der Waals surface area contributed by atoms with Gasteiger partial charge in [-0.3, -0.25) is 4.79 Å².